The third-order valence-electron chi connectivity index (χ3n) is 4.35. The minimum atomic E-state index is -0.702. The molecule has 5 heteroatoms. The predicted molar refractivity (Wildman–Crippen MR) is 102 cm³/mol. The van der Waals surface area contributed by atoms with Crippen molar-refractivity contribution < 1.29 is 14.7 Å². The Balaban J connectivity index is 2.22. The van der Waals surface area contributed by atoms with Crippen LogP contribution in [0.3, 0.4) is 0 Å². The Kier molecular flexibility index (Phi) is 5.14. The number of carbonyl (C=O) groups is 2. The largest absolute Gasteiger partial charge is 0.507 e. The number of aliphatic hydroxyl groups is 1. The highest BCUT2D eigenvalue weighted by atomic mass is 35.5. The second-order valence-corrected chi connectivity index (χ2v) is 7.14. The van der Waals surface area contributed by atoms with Crippen molar-refractivity contribution in [1.82, 2.24) is 4.90 Å². The molecule has 2 aromatic rings. The molecule has 134 valence electrons. The number of nitrogens with zero attached hydrogens (tertiary/aromatic N) is 1. The molecule has 1 fully saturated rings. The average Bonchev–Trinajstić information content (AvgIpc) is 2.87. The first kappa shape index (κ1) is 18.2. The molecule has 1 heterocycles. The fraction of sp³-hybridized carbons (Fsp3) is 0.238. The minimum Gasteiger partial charge on any atom is -0.507 e. The number of rotatable bonds is 4. The Morgan fingerprint density at radius 1 is 1.08 bits per heavy atom. The first-order chi connectivity index (χ1) is 12.4. The molecule has 2 aromatic carbocycles. The number of hydrogen-bond donors (Lipinski definition) is 1. The van der Waals surface area contributed by atoms with Crippen LogP contribution in [0.15, 0.2) is 60.2 Å². The summed E-state index contributed by atoms with van der Waals surface area (Å²) in [6, 6.07) is 15.2. The fourth-order valence-corrected chi connectivity index (χ4v) is 3.47. The first-order valence-corrected chi connectivity index (χ1v) is 8.88. The van der Waals surface area contributed by atoms with Crippen LogP contribution in [-0.2, 0) is 9.59 Å². The van der Waals surface area contributed by atoms with E-state index in [9.17, 15) is 14.7 Å². The van der Waals surface area contributed by atoms with Gasteiger partial charge in [0, 0.05) is 17.1 Å². The molecule has 1 aliphatic heterocycles. The summed E-state index contributed by atoms with van der Waals surface area (Å²) in [5, 5.41) is 11.3. The van der Waals surface area contributed by atoms with Gasteiger partial charge in [-0.3, -0.25) is 9.59 Å². The molecule has 0 radical (unpaired) electrons. The Hall–Kier alpha value is -2.59. The first-order valence-electron chi connectivity index (χ1n) is 8.50. The maximum atomic E-state index is 12.8. The molecule has 0 bridgehead atoms. The summed E-state index contributed by atoms with van der Waals surface area (Å²) in [5.41, 5.74) is 1.20. The summed E-state index contributed by atoms with van der Waals surface area (Å²) in [4.78, 5) is 26.9. The molecule has 1 amide bonds. The topological polar surface area (TPSA) is 57.6 Å². The molecule has 0 unspecified atom stereocenters. The number of Topliss-reactive ketones (excluding diaryl/α,β-unsaturated/α-hetero) is 1. The summed E-state index contributed by atoms with van der Waals surface area (Å²) in [6.07, 6.45) is 0. The summed E-state index contributed by atoms with van der Waals surface area (Å²) in [6.45, 7) is 4.34. The van der Waals surface area contributed by atoms with Crippen molar-refractivity contribution in [3.05, 3.63) is 76.3 Å². The normalized spacial score (nSPS) is 19.4. The molecule has 4 nitrogen and oxygen atoms in total. The van der Waals surface area contributed by atoms with Crippen molar-refractivity contribution in [1.29, 1.82) is 0 Å². The lowest BCUT2D eigenvalue weighted by molar-refractivity contribution is -0.140. The van der Waals surface area contributed by atoms with E-state index in [0.29, 0.717) is 22.7 Å². The van der Waals surface area contributed by atoms with Crippen LogP contribution in [0.25, 0.3) is 5.76 Å². The summed E-state index contributed by atoms with van der Waals surface area (Å²) in [7, 11) is 0. The monoisotopic (exact) mass is 369 g/mol. The smallest absolute Gasteiger partial charge is 0.295 e. The van der Waals surface area contributed by atoms with Gasteiger partial charge < -0.3 is 10.0 Å². The van der Waals surface area contributed by atoms with Gasteiger partial charge in [0.05, 0.1) is 11.6 Å². The molecule has 3 rings (SSSR count). The van der Waals surface area contributed by atoms with Crippen LogP contribution in [-0.4, -0.2) is 28.2 Å². The van der Waals surface area contributed by atoms with Crippen molar-refractivity contribution in [3.8, 4) is 0 Å². The zero-order valence-electron chi connectivity index (χ0n) is 14.6. The standard InChI is InChI=1S/C21H20ClNO3/c1-13(2)12-23-18(15-10-6-7-11-16(15)22)17(20(25)21(23)26)19(24)14-8-4-3-5-9-14/h3-11,13,18,24H,12H2,1-2H3/t18-/m1/s1. The quantitative estimate of drug-likeness (QED) is 0.493. The third-order valence-corrected chi connectivity index (χ3v) is 4.69. The van der Waals surface area contributed by atoms with Gasteiger partial charge in [-0.15, -0.1) is 0 Å². The molecule has 1 aliphatic rings. The van der Waals surface area contributed by atoms with Gasteiger partial charge >= 0.3 is 0 Å². The van der Waals surface area contributed by atoms with Crippen LogP contribution < -0.4 is 0 Å². The molecule has 1 N–H and O–H groups in total. The van der Waals surface area contributed by atoms with Crippen LogP contribution in [0, 0.1) is 5.92 Å². The Morgan fingerprint density at radius 2 is 1.69 bits per heavy atom. The molecular weight excluding hydrogens is 350 g/mol. The van der Waals surface area contributed by atoms with E-state index in [0.717, 1.165) is 0 Å². The van der Waals surface area contributed by atoms with E-state index < -0.39 is 17.7 Å². The van der Waals surface area contributed by atoms with E-state index in [-0.39, 0.29) is 17.3 Å². The van der Waals surface area contributed by atoms with Crippen LogP contribution in [0.2, 0.25) is 5.02 Å². The van der Waals surface area contributed by atoms with Gasteiger partial charge in [0.15, 0.2) is 0 Å². The molecular formula is C21H20ClNO3. The lowest BCUT2D eigenvalue weighted by Gasteiger charge is -2.27. The van der Waals surface area contributed by atoms with E-state index in [2.05, 4.69) is 0 Å². The van der Waals surface area contributed by atoms with Gasteiger partial charge in [-0.2, -0.15) is 0 Å². The molecule has 0 spiro atoms. The average molecular weight is 370 g/mol. The van der Waals surface area contributed by atoms with E-state index in [4.69, 9.17) is 11.6 Å². The highest BCUT2D eigenvalue weighted by molar-refractivity contribution is 6.47. The van der Waals surface area contributed by atoms with Crippen molar-refractivity contribution in [2.45, 2.75) is 19.9 Å². The third kappa shape index (κ3) is 3.25. The summed E-state index contributed by atoms with van der Waals surface area (Å²) in [5.74, 6) is -1.31. The van der Waals surface area contributed by atoms with Crippen molar-refractivity contribution in [3.63, 3.8) is 0 Å². The zero-order chi connectivity index (χ0) is 18.8. The lowest BCUT2D eigenvalue weighted by Crippen LogP contribution is -2.33. The predicted octanol–water partition coefficient (Wildman–Crippen LogP) is 4.42. The fourth-order valence-electron chi connectivity index (χ4n) is 3.23. The molecule has 26 heavy (non-hydrogen) atoms. The number of halogens is 1. The number of aliphatic hydroxyl groups excluding tert-OH is 1. The molecule has 0 saturated carbocycles. The van der Waals surface area contributed by atoms with Crippen molar-refractivity contribution in [2.75, 3.05) is 6.54 Å². The summed E-state index contributed by atoms with van der Waals surface area (Å²) < 4.78 is 0. The zero-order valence-corrected chi connectivity index (χ0v) is 15.4. The maximum absolute atomic E-state index is 12.8. The number of hydrogen-bond acceptors (Lipinski definition) is 3. The minimum absolute atomic E-state index is 0.0787. The van der Waals surface area contributed by atoms with Gasteiger partial charge in [0.25, 0.3) is 11.7 Å². The van der Waals surface area contributed by atoms with Crippen molar-refractivity contribution in [2.24, 2.45) is 5.92 Å². The molecule has 0 aromatic heterocycles. The maximum Gasteiger partial charge on any atom is 0.295 e. The SMILES string of the molecule is CC(C)CN1C(=O)C(=O)C(=C(O)c2ccccc2)[C@H]1c1ccccc1Cl. The Morgan fingerprint density at radius 3 is 2.31 bits per heavy atom. The number of ketones is 1. The van der Waals surface area contributed by atoms with Crippen LogP contribution in [0.5, 0.6) is 0 Å². The Bertz CT molecular complexity index is 874. The number of likely N-dealkylation sites (tertiary alicyclic amines) is 1. The van der Waals surface area contributed by atoms with Gasteiger partial charge in [-0.05, 0) is 17.5 Å². The number of amides is 1. The second kappa shape index (κ2) is 7.34. The van der Waals surface area contributed by atoms with E-state index >= 15 is 0 Å². The van der Waals surface area contributed by atoms with Crippen LogP contribution >= 0.6 is 11.6 Å². The highest BCUT2D eigenvalue weighted by Gasteiger charge is 2.46. The number of carbonyl (C=O) groups excluding carboxylic acids is 2. The summed E-state index contributed by atoms with van der Waals surface area (Å²) >= 11 is 6.36. The molecule has 1 saturated heterocycles. The van der Waals surface area contributed by atoms with Crippen molar-refractivity contribution >= 4 is 29.1 Å². The van der Waals surface area contributed by atoms with Gasteiger partial charge in [0.1, 0.15) is 5.76 Å². The van der Waals surface area contributed by atoms with E-state index in [1.54, 1.807) is 48.5 Å². The van der Waals surface area contributed by atoms with E-state index in [1.807, 2.05) is 19.9 Å². The highest BCUT2D eigenvalue weighted by Crippen LogP contribution is 2.41. The van der Waals surface area contributed by atoms with Crippen LogP contribution in [0.4, 0.5) is 0 Å². The lowest BCUT2D eigenvalue weighted by atomic mass is 9.95. The molecule has 1 atom stereocenters. The van der Waals surface area contributed by atoms with Gasteiger partial charge in [-0.25, -0.2) is 0 Å². The number of benzene rings is 2. The van der Waals surface area contributed by atoms with Crippen LogP contribution in [0.1, 0.15) is 31.0 Å². The van der Waals surface area contributed by atoms with Gasteiger partial charge in [0.2, 0.25) is 0 Å². The van der Waals surface area contributed by atoms with Gasteiger partial charge in [-0.1, -0.05) is 74.0 Å². The second-order valence-electron chi connectivity index (χ2n) is 6.73. The molecule has 0 aliphatic carbocycles. The Labute approximate surface area is 157 Å². The van der Waals surface area contributed by atoms with E-state index in [1.165, 1.54) is 4.90 Å².